The average molecular weight is 411 g/mol. The molecule has 1 spiro atoms. The molecule has 1 aromatic rings. The maximum absolute atomic E-state index is 13.7. The number of likely N-dealkylation sites (tertiary alicyclic amines) is 1. The van der Waals surface area contributed by atoms with Gasteiger partial charge in [-0.3, -0.25) is 24.2 Å². The first-order valence-corrected chi connectivity index (χ1v) is 11.3. The summed E-state index contributed by atoms with van der Waals surface area (Å²) in [4.78, 5) is 43.9. The highest BCUT2D eigenvalue weighted by molar-refractivity contribution is 6.19. The van der Waals surface area contributed by atoms with Crippen LogP contribution in [0.4, 0.5) is 0 Å². The molecule has 5 rings (SSSR count). The number of ether oxygens (including phenoxy) is 1. The van der Waals surface area contributed by atoms with Crippen LogP contribution in [0.5, 0.6) is 5.75 Å². The van der Waals surface area contributed by atoms with E-state index in [-0.39, 0.29) is 42.1 Å². The number of fused-ring (bicyclic) bond motifs is 3. The van der Waals surface area contributed by atoms with E-state index in [4.69, 9.17) is 4.74 Å². The van der Waals surface area contributed by atoms with Crippen LogP contribution < -0.4 is 4.74 Å². The molecule has 30 heavy (non-hydrogen) atoms. The maximum Gasteiger partial charge on any atom is 0.245 e. The summed E-state index contributed by atoms with van der Waals surface area (Å²) in [6, 6.07) is 7.92. The van der Waals surface area contributed by atoms with Crippen molar-refractivity contribution in [2.24, 2.45) is 5.41 Å². The molecule has 6 heteroatoms. The zero-order valence-electron chi connectivity index (χ0n) is 17.6. The van der Waals surface area contributed by atoms with E-state index in [0.29, 0.717) is 13.0 Å². The fourth-order valence-electron chi connectivity index (χ4n) is 6.40. The van der Waals surface area contributed by atoms with Gasteiger partial charge in [-0.15, -0.1) is 0 Å². The van der Waals surface area contributed by atoms with Crippen molar-refractivity contribution >= 4 is 17.6 Å². The number of carbonyl (C=O) groups excluding carboxylic acids is 3. The molecule has 2 bridgehead atoms. The first-order valence-electron chi connectivity index (χ1n) is 11.3. The molecule has 4 aliphatic rings. The molecular formula is C24H30N2O4. The molecule has 1 saturated carbocycles. The zero-order chi connectivity index (χ0) is 20.9. The second-order valence-electron chi connectivity index (χ2n) is 9.41. The number of Topliss-reactive ketones (excluding diaryl/α,β-unsaturated/α-hetero) is 1. The number of hydrogen-bond acceptors (Lipinski definition) is 5. The minimum Gasteiger partial charge on any atom is -0.497 e. The molecule has 3 atom stereocenters. The Labute approximate surface area is 177 Å². The van der Waals surface area contributed by atoms with Crippen LogP contribution in [-0.4, -0.2) is 52.6 Å². The molecule has 0 aromatic heterocycles. The van der Waals surface area contributed by atoms with E-state index in [0.717, 1.165) is 56.3 Å². The number of amides is 2. The van der Waals surface area contributed by atoms with Gasteiger partial charge in [-0.05, 0) is 43.4 Å². The number of benzene rings is 1. The predicted octanol–water partition coefficient (Wildman–Crippen LogP) is 3.08. The van der Waals surface area contributed by atoms with Crippen LogP contribution in [0.3, 0.4) is 0 Å². The van der Waals surface area contributed by atoms with Crippen LogP contribution in [0.2, 0.25) is 0 Å². The smallest absolute Gasteiger partial charge is 0.245 e. The van der Waals surface area contributed by atoms with Gasteiger partial charge in [0.1, 0.15) is 11.2 Å². The Balaban J connectivity index is 1.45. The molecule has 0 N–H and O–H groups in total. The van der Waals surface area contributed by atoms with Gasteiger partial charge in [0.15, 0.2) is 5.78 Å². The summed E-state index contributed by atoms with van der Waals surface area (Å²) in [6.07, 6.45) is 7.17. The normalized spacial score (nSPS) is 32.4. The van der Waals surface area contributed by atoms with Crippen LogP contribution in [0.25, 0.3) is 0 Å². The molecule has 1 aromatic carbocycles. The number of carbonyl (C=O) groups is 3. The molecule has 160 valence electrons. The Morgan fingerprint density at radius 3 is 2.60 bits per heavy atom. The number of rotatable bonds is 4. The highest BCUT2D eigenvalue weighted by Crippen LogP contribution is 2.52. The molecule has 4 fully saturated rings. The van der Waals surface area contributed by atoms with Crippen molar-refractivity contribution < 1.29 is 19.1 Å². The topological polar surface area (TPSA) is 66.9 Å². The molecule has 2 amide bonds. The minimum absolute atomic E-state index is 0.00597. The van der Waals surface area contributed by atoms with Crippen molar-refractivity contribution in [3.05, 3.63) is 29.8 Å². The second-order valence-corrected chi connectivity index (χ2v) is 9.41. The van der Waals surface area contributed by atoms with E-state index in [1.807, 2.05) is 18.2 Å². The summed E-state index contributed by atoms with van der Waals surface area (Å²) in [7, 11) is 1.65. The monoisotopic (exact) mass is 410 g/mol. The lowest BCUT2D eigenvalue weighted by Crippen LogP contribution is -2.60. The summed E-state index contributed by atoms with van der Waals surface area (Å²) in [5.74, 6) is 0.462. The third-order valence-corrected chi connectivity index (χ3v) is 7.87. The van der Waals surface area contributed by atoms with Crippen molar-refractivity contribution in [1.29, 1.82) is 0 Å². The van der Waals surface area contributed by atoms with Crippen molar-refractivity contribution in [2.75, 3.05) is 7.11 Å². The first kappa shape index (κ1) is 19.7. The summed E-state index contributed by atoms with van der Waals surface area (Å²) >= 11 is 0. The average Bonchev–Trinajstić information content (AvgIpc) is 3.21. The number of piperidine rings is 1. The summed E-state index contributed by atoms with van der Waals surface area (Å²) in [5, 5.41) is 0. The van der Waals surface area contributed by atoms with Gasteiger partial charge in [-0.25, -0.2) is 0 Å². The Hall–Kier alpha value is -2.21. The molecule has 3 aliphatic heterocycles. The fraction of sp³-hybridized carbons (Fsp3) is 0.625. The van der Waals surface area contributed by atoms with E-state index >= 15 is 0 Å². The highest BCUT2D eigenvalue weighted by Gasteiger charge is 2.66. The maximum atomic E-state index is 13.7. The van der Waals surface area contributed by atoms with E-state index in [2.05, 4.69) is 11.0 Å². The van der Waals surface area contributed by atoms with Crippen LogP contribution in [-0.2, 0) is 20.9 Å². The van der Waals surface area contributed by atoms with Gasteiger partial charge in [0.25, 0.3) is 0 Å². The summed E-state index contributed by atoms with van der Waals surface area (Å²) in [6.45, 7) is 0.673. The standard InChI is InChI=1S/C24H30N2O4/c1-30-19-9-5-6-16(12-19)15-25-18-10-11-20(25)24(21(27)13-18)14-22(28)26(23(24)29)17-7-3-2-4-8-17/h5-6,9,12,17-18,20H,2-4,7-8,10-11,13-15H2,1H3. The van der Waals surface area contributed by atoms with Gasteiger partial charge in [-0.2, -0.15) is 0 Å². The number of methoxy groups -OCH3 is 1. The van der Waals surface area contributed by atoms with Crippen molar-refractivity contribution in [1.82, 2.24) is 9.80 Å². The van der Waals surface area contributed by atoms with E-state index in [1.165, 1.54) is 4.90 Å². The number of nitrogens with zero attached hydrogens (tertiary/aromatic N) is 2. The number of ketones is 1. The molecule has 3 saturated heterocycles. The lowest BCUT2D eigenvalue weighted by atomic mass is 9.71. The Morgan fingerprint density at radius 1 is 1.03 bits per heavy atom. The quantitative estimate of drug-likeness (QED) is 0.564. The fourth-order valence-corrected chi connectivity index (χ4v) is 6.40. The Morgan fingerprint density at radius 2 is 1.83 bits per heavy atom. The molecule has 6 nitrogen and oxygen atoms in total. The molecular weight excluding hydrogens is 380 g/mol. The molecule has 0 radical (unpaired) electrons. The molecule has 3 heterocycles. The van der Waals surface area contributed by atoms with Crippen LogP contribution in [0, 0.1) is 5.41 Å². The van der Waals surface area contributed by atoms with Crippen LogP contribution in [0.1, 0.15) is 63.4 Å². The van der Waals surface area contributed by atoms with Crippen LogP contribution in [0.15, 0.2) is 24.3 Å². The van der Waals surface area contributed by atoms with Gasteiger partial charge in [-0.1, -0.05) is 31.4 Å². The highest BCUT2D eigenvalue weighted by atomic mass is 16.5. The van der Waals surface area contributed by atoms with Gasteiger partial charge >= 0.3 is 0 Å². The van der Waals surface area contributed by atoms with E-state index < -0.39 is 5.41 Å². The van der Waals surface area contributed by atoms with E-state index in [1.54, 1.807) is 7.11 Å². The largest absolute Gasteiger partial charge is 0.497 e. The first-order chi connectivity index (χ1) is 14.5. The van der Waals surface area contributed by atoms with Crippen molar-refractivity contribution in [2.45, 2.75) is 82.5 Å². The van der Waals surface area contributed by atoms with Gasteiger partial charge in [0.2, 0.25) is 11.8 Å². The zero-order valence-corrected chi connectivity index (χ0v) is 17.6. The van der Waals surface area contributed by atoms with Crippen LogP contribution >= 0.6 is 0 Å². The van der Waals surface area contributed by atoms with Gasteiger partial charge in [0.05, 0.1) is 13.5 Å². The Bertz CT molecular complexity index is 878. The number of hydrogen-bond donors (Lipinski definition) is 0. The van der Waals surface area contributed by atoms with Crippen molar-refractivity contribution in [3.8, 4) is 5.75 Å². The predicted molar refractivity (Wildman–Crippen MR) is 111 cm³/mol. The Kier molecular flexibility index (Phi) is 4.92. The lowest BCUT2D eigenvalue weighted by Gasteiger charge is -2.44. The minimum atomic E-state index is -1.17. The third kappa shape index (κ3) is 2.91. The lowest BCUT2D eigenvalue weighted by molar-refractivity contribution is -0.154. The summed E-state index contributed by atoms with van der Waals surface area (Å²) in [5.41, 5.74) is -0.0583. The molecule has 1 aliphatic carbocycles. The SMILES string of the molecule is COc1cccc(CN2C3CCC2C2(CC(=O)N(C4CCCCC4)C2=O)C(=O)C3)c1. The van der Waals surface area contributed by atoms with Gasteiger partial charge in [0, 0.05) is 31.1 Å². The second kappa shape index (κ2) is 7.49. The van der Waals surface area contributed by atoms with Crippen molar-refractivity contribution in [3.63, 3.8) is 0 Å². The summed E-state index contributed by atoms with van der Waals surface area (Å²) < 4.78 is 5.36. The number of imide groups is 1. The van der Waals surface area contributed by atoms with E-state index in [9.17, 15) is 14.4 Å². The third-order valence-electron chi connectivity index (χ3n) is 7.87. The van der Waals surface area contributed by atoms with Gasteiger partial charge < -0.3 is 4.74 Å². The molecule has 3 unspecified atom stereocenters.